The Morgan fingerprint density at radius 2 is 1.88 bits per heavy atom. The first-order chi connectivity index (χ1) is 23.0. The van der Waals surface area contributed by atoms with Crippen LogP contribution in [0.4, 0.5) is 24.7 Å². The molecule has 1 aliphatic heterocycles. The van der Waals surface area contributed by atoms with E-state index in [1.54, 1.807) is 55.0 Å². The second-order valence-electron chi connectivity index (χ2n) is 11.3. The first-order valence-electron chi connectivity index (χ1n) is 15.2. The molecule has 11 nitrogen and oxygen atoms in total. The van der Waals surface area contributed by atoms with Gasteiger partial charge in [-0.3, -0.25) is 9.59 Å². The summed E-state index contributed by atoms with van der Waals surface area (Å²) in [4.78, 5) is 34.4. The van der Waals surface area contributed by atoms with Crippen molar-refractivity contribution in [3.05, 3.63) is 94.8 Å². The van der Waals surface area contributed by atoms with Crippen LogP contribution in [0.3, 0.4) is 0 Å². The maximum Gasteiger partial charge on any atom is 0.416 e. The van der Waals surface area contributed by atoms with Crippen molar-refractivity contribution in [3.63, 3.8) is 0 Å². The van der Waals surface area contributed by atoms with Crippen molar-refractivity contribution in [2.45, 2.75) is 39.3 Å². The lowest BCUT2D eigenvalue weighted by Crippen LogP contribution is -2.26. The summed E-state index contributed by atoms with van der Waals surface area (Å²) >= 11 is 0. The minimum absolute atomic E-state index is 0.0462. The van der Waals surface area contributed by atoms with Gasteiger partial charge in [0, 0.05) is 48.2 Å². The van der Waals surface area contributed by atoms with Gasteiger partial charge in [0.25, 0.3) is 5.91 Å². The van der Waals surface area contributed by atoms with E-state index in [9.17, 15) is 22.8 Å². The summed E-state index contributed by atoms with van der Waals surface area (Å²) in [5, 5.41) is 13.2. The van der Waals surface area contributed by atoms with E-state index in [1.165, 1.54) is 17.0 Å². The second-order valence-corrected chi connectivity index (χ2v) is 11.3. The van der Waals surface area contributed by atoms with Crippen LogP contribution in [-0.4, -0.2) is 55.7 Å². The number of alkyl halides is 3. The number of halogens is 3. The zero-order chi connectivity index (χ0) is 33.8. The summed E-state index contributed by atoms with van der Waals surface area (Å²) in [6.45, 7) is 4.60. The molecule has 4 bridgehead atoms. The molecule has 0 spiro atoms. The van der Waals surface area contributed by atoms with Crippen molar-refractivity contribution >= 4 is 29.0 Å². The van der Waals surface area contributed by atoms with E-state index in [1.807, 2.05) is 0 Å². The Bertz CT molecular complexity index is 2070. The average molecular weight is 657 g/mol. The molecule has 0 unspecified atom stereocenters. The van der Waals surface area contributed by atoms with Crippen LogP contribution in [-0.2, 0) is 11.0 Å². The third-order valence-electron chi connectivity index (χ3n) is 7.65. The van der Waals surface area contributed by atoms with Crippen molar-refractivity contribution in [3.8, 4) is 23.3 Å². The van der Waals surface area contributed by atoms with Gasteiger partial charge in [-0.25, -0.2) is 14.5 Å². The first-order valence-corrected chi connectivity index (χ1v) is 15.2. The number of carbonyl (C=O) groups excluding carboxylic acids is 2. The number of hydrogen-bond donors (Lipinski definition) is 3. The number of amides is 2. The van der Waals surface area contributed by atoms with Crippen LogP contribution >= 0.6 is 0 Å². The predicted octanol–water partition coefficient (Wildman–Crippen LogP) is 5.29. The molecule has 2 amide bonds. The molecule has 0 saturated carbocycles. The maximum absolute atomic E-state index is 13.9. The molecule has 5 aromatic rings. The van der Waals surface area contributed by atoms with Gasteiger partial charge in [0.15, 0.2) is 5.65 Å². The minimum Gasteiger partial charge on any atom is -0.494 e. The Morgan fingerprint density at radius 3 is 2.67 bits per heavy atom. The summed E-state index contributed by atoms with van der Waals surface area (Å²) < 4.78 is 50.6. The molecule has 14 heteroatoms. The molecule has 0 fully saturated rings. The quantitative estimate of drug-likeness (QED) is 0.225. The lowest BCUT2D eigenvalue weighted by molar-refractivity contribution is -0.137. The first kappa shape index (κ1) is 32.1. The number of rotatable bonds is 3. The van der Waals surface area contributed by atoms with Crippen molar-refractivity contribution in [2.24, 2.45) is 0 Å². The lowest BCUT2D eigenvalue weighted by atomic mass is 10.0. The summed E-state index contributed by atoms with van der Waals surface area (Å²) in [6.07, 6.45) is 1.49. The number of benzene rings is 2. The normalized spacial score (nSPS) is 14.1. The van der Waals surface area contributed by atoms with Gasteiger partial charge < -0.3 is 25.3 Å². The van der Waals surface area contributed by atoms with Crippen LogP contribution in [0.5, 0.6) is 5.75 Å². The van der Waals surface area contributed by atoms with Gasteiger partial charge in [-0.15, -0.1) is 5.10 Å². The molecule has 3 N–H and O–H groups in total. The van der Waals surface area contributed by atoms with Gasteiger partial charge in [-0.1, -0.05) is 5.92 Å². The van der Waals surface area contributed by atoms with Gasteiger partial charge in [0.05, 0.1) is 30.4 Å². The van der Waals surface area contributed by atoms with Gasteiger partial charge in [0.1, 0.15) is 17.3 Å². The summed E-state index contributed by atoms with van der Waals surface area (Å²) in [6, 6.07) is 10.1. The largest absolute Gasteiger partial charge is 0.494 e. The van der Waals surface area contributed by atoms with E-state index in [0.29, 0.717) is 72.3 Å². The molecule has 246 valence electrons. The fourth-order valence-corrected chi connectivity index (χ4v) is 5.12. The molecule has 6 rings (SSSR count). The molecular weight excluding hydrogens is 625 g/mol. The van der Waals surface area contributed by atoms with Gasteiger partial charge in [-0.2, -0.15) is 13.2 Å². The molecule has 0 aliphatic carbocycles. The van der Waals surface area contributed by atoms with E-state index in [4.69, 9.17) is 4.74 Å². The number of aromatic nitrogens is 5. The topological polar surface area (TPSA) is 127 Å². The highest BCUT2D eigenvalue weighted by Crippen LogP contribution is 2.33. The summed E-state index contributed by atoms with van der Waals surface area (Å²) in [7, 11) is 0. The SMILES string of the molecule is Cc1cn(-c2cc(NC(=O)c3cc4cc(c3C)C#Cc3cnc5ccc(nn35)NCCC(=O)NCCCCO4)cc(C(F)(F)F)c2)cn1. The molecule has 3 aromatic heterocycles. The molecule has 0 saturated heterocycles. The van der Waals surface area contributed by atoms with Crippen molar-refractivity contribution in [2.75, 3.05) is 30.3 Å². The zero-order valence-electron chi connectivity index (χ0n) is 26.1. The van der Waals surface area contributed by atoms with Crippen LogP contribution in [0.15, 0.2) is 61.2 Å². The van der Waals surface area contributed by atoms with E-state index >= 15 is 0 Å². The highest BCUT2D eigenvalue weighted by Gasteiger charge is 2.32. The third kappa shape index (κ3) is 7.41. The Morgan fingerprint density at radius 1 is 1.02 bits per heavy atom. The fourth-order valence-electron chi connectivity index (χ4n) is 5.12. The molecule has 4 heterocycles. The van der Waals surface area contributed by atoms with E-state index in [2.05, 4.69) is 42.9 Å². The molecule has 1 aliphatic rings. The number of nitrogens with zero attached hydrogens (tertiary/aromatic N) is 5. The maximum atomic E-state index is 13.9. The summed E-state index contributed by atoms with van der Waals surface area (Å²) in [5.41, 5.74) is 2.04. The number of ether oxygens (including phenoxy) is 1. The number of carbonyl (C=O) groups is 2. The fraction of sp³-hybridized carbons (Fsp3) is 0.265. The van der Waals surface area contributed by atoms with E-state index < -0.39 is 17.6 Å². The van der Waals surface area contributed by atoms with Crippen LogP contribution in [0.2, 0.25) is 0 Å². The number of anilines is 2. The van der Waals surface area contributed by atoms with E-state index in [-0.39, 0.29) is 29.3 Å². The average Bonchev–Trinajstić information content (AvgIpc) is 3.67. The van der Waals surface area contributed by atoms with Gasteiger partial charge >= 0.3 is 6.18 Å². The van der Waals surface area contributed by atoms with Crippen LogP contribution < -0.4 is 20.7 Å². The molecular formula is C34H31F3N8O3. The van der Waals surface area contributed by atoms with Crippen LogP contribution in [0.1, 0.15) is 57.7 Å². The van der Waals surface area contributed by atoms with E-state index in [0.717, 1.165) is 12.1 Å². The Kier molecular flexibility index (Phi) is 9.02. The number of imidazole rings is 2. The number of aryl methyl sites for hydroxylation is 1. The Labute approximate surface area is 273 Å². The third-order valence-corrected chi connectivity index (χ3v) is 7.65. The lowest BCUT2D eigenvalue weighted by Gasteiger charge is -2.16. The standard InChI is InChI=1S/C34H31F3N8O3/c1-21-19-44(20-41-21)27-15-24(34(35,36)37)14-25(16-27)42-33(47)29-17-28-13-23(22(29)2)5-6-26-18-40-31-8-7-30(43-45(26)31)38-11-9-32(46)39-10-3-4-12-48-28/h7-8,13-20H,3-4,9-12H2,1-2H3,(H,38,43)(H,39,46)(H,42,47). The minimum atomic E-state index is -4.65. The molecule has 48 heavy (non-hydrogen) atoms. The molecule has 0 atom stereocenters. The highest BCUT2D eigenvalue weighted by molar-refractivity contribution is 6.06. The smallest absolute Gasteiger partial charge is 0.416 e. The summed E-state index contributed by atoms with van der Waals surface area (Å²) in [5.74, 6) is 6.35. The van der Waals surface area contributed by atoms with Crippen LogP contribution in [0, 0.1) is 25.7 Å². The van der Waals surface area contributed by atoms with Crippen molar-refractivity contribution in [1.29, 1.82) is 0 Å². The predicted molar refractivity (Wildman–Crippen MR) is 172 cm³/mol. The van der Waals surface area contributed by atoms with Crippen LogP contribution in [0.25, 0.3) is 11.3 Å². The van der Waals surface area contributed by atoms with Gasteiger partial charge in [0.2, 0.25) is 5.91 Å². The highest BCUT2D eigenvalue weighted by atomic mass is 19.4. The monoisotopic (exact) mass is 656 g/mol. The van der Waals surface area contributed by atoms with Crippen molar-refractivity contribution < 1.29 is 27.5 Å². The Hall–Kier alpha value is -5.84. The van der Waals surface area contributed by atoms with Crippen molar-refractivity contribution in [1.82, 2.24) is 29.5 Å². The number of nitrogens with one attached hydrogen (secondary N) is 3. The molecule has 0 radical (unpaired) electrons. The Balaban J connectivity index is 1.37. The second kappa shape index (κ2) is 13.5. The number of hydrogen-bond acceptors (Lipinski definition) is 7. The number of fused-ring (bicyclic) bond motifs is 3. The van der Waals surface area contributed by atoms with Gasteiger partial charge in [-0.05, 0) is 80.6 Å². The molecule has 2 aromatic carbocycles. The zero-order valence-corrected chi connectivity index (χ0v) is 26.1.